The van der Waals surface area contributed by atoms with Gasteiger partial charge in [-0.1, -0.05) is 56.6 Å². The van der Waals surface area contributed by atoms with Crippen LogP contribution in [0.4, 0.5) is 11.4 Å². The molecule has 152 valence electrons. The average Bonchev–Trinajstić information content (AvgIpc) is 2.64. The lowest BCUT2D eigenvalue weighted by molar-refractivity contribution is -0.117. The zero-order valence-corrected chi connectivity index (χ0v) is 18.3. The van der Waals surface area contributed by atoms with Gasteiger partial charge in [-0.25, -0.2) is 8.42 Å². The van der Waals surface area contributed by atoms with Crippen LogP contribution in [0.15, 0.2) is 42.5 Å². The Morgan fingerprint density at radius 3 is 2.11 bits per heavy atom. The molecule has 0 radical (unpaired) electrons. The molecule has 0 bridgehead atoms. The highest BCUT2D eigenvalue weighted by molar-refractivity contribution is 7.92. The molecule has 2 rings (SSSR count). The van der Waals surface area contributed by atoms with Gasteiger partial charge < -0.3 is 5.32 Å². The molecule has 0 aliphatic rings. The minimum atomic E-state index is -3.70. The molecular formula is C21H27ClN2O3S. The molecule has 5 nitrogen and oxygen atoms in total. The average molecular weight is 423 g/mol. The van der Waals surface area contributed by atoms with E-state index in [1.165, 1.54) is 0 Å². The lowest BCUT2D eigenvalue weighted by Gasteiger charge is -2.30. The lowest BCUT2D eigenvalue weighted by atomic mass is 10.0. The number of hydrogen-bond acceptors (Lipinski definition) is 3. The third-order valence-corrected chi connectivity index (χ3v) is 6.05. The highest BCUT2D eigenvalue weighted by Gasteiger charge is 2.32. The predicted octanol–water partition coefficient (Wildman–Crippen LogP) is 4.65. The maximum atomic E-state index is 13.2. The van der Waals surface area contributed by atoms with Crippen molar-refractivity contribution >= 4 is 38.9 Å². The maximum absolute atomic E-state index is 13.2. The molecule has 2 aromatic carbocycles. The van der Waals surface area contributed by atoms with Gasteiger partial charge in [-0.2, -0.15) is 0 Å². The standard InChI is InChI=1S/C21H27ClN2O3S/c1-5-15-10-8-11-16(6-2)20(15)23-21(25)19(7-3)24(28(4,26)27)18-13-9-12-17(22)14-18/h8-14,19H,5-7H2,1-4H3,(H,23,25)/t19-/m1/s1. The number of carbonyl (C=O) groups excluding carboxylic acids is 1. The van der Waals surface area contributed by atoms with Crippen LogP contribution in [0.5, 0.6) is 0 Å². The first-order chi connectivity index (χ1) is 13.2. The van der Waals surface area contributed by atoms with E-state index in [0.29, 0.717) is 17.1 Å². The summed E-state index contributed by atoms with van der Waals surface area (Å²) in [4.78, 5) is 13.2. The van der Waals surface area contributed by atoms with Gasteiger partial charge >= 0.3 is 0 Å². The summed E-state index contributed by atoms with van der Waals surface area (Å²) in [7, 11) is -3.70. The first kappa shape index (κ1) is 22.2. The zero-order valence-electron chi connectivity index (χ0n) is 16.7. The Kier molecular flexibility index (Phi) is 7.49. The van der Waals surface area contributed by atoms with E-state index in [2.05, 4.69) is 5.32 Å². The van der Waals surface area contributed by atoms with E-state index < -0.39 is 16.1 Å². The van der Waals surface area contributed by atoms with Crippen molar-refractivity contribution in [1.82, 2.24) is 0 Å². The van der Waals surface area contributed by atoms with Crippen molar-refractivity contribution in [3.8, 4) is 0 Å². The van der Waals surface area contributed by atoms with Crippen LogP contribution >= 0.6 is 11.6 Å². The summed E-state index contributed by atoms with van der Waals surface area (Å²) in [6.07, 6.45) is 2.96. The minimum Gasteiger partial charge on any atom is -0.324 e. The second-order valence-corrected chi connectivity index (χ2v) is 8.91. The van der Waals surface area contributed by atoms with Crippen molar-refractivity contribution < 1.29 is 13.2 Å². The monoisotopic (exact) mass is 422 g/mol. The van der Waals surface area contributed by atoms with Crippen LogP contribution in [0.3, 0.4) is 0 Å². The highest BCUT2D eigenvalue weighted by atomic mass is 35.5. The van der Waals surface area contributed by atoms with E-state index in [1.807, 2.05) is 32.0 Å². The molecule has 28 heavy (non-hydrogen) atoms. The summed E-state index contributed by atoms with van der Waals surface area (Å²) >= 11 is 6.05. The molecule has 1 amide bonds. The minimum absolute atomic E-state index is 0.321. The molecule has 0 aromatic heterocycles. The van der Waals surface area contributed by atoms with Gasteiger partial charge in [-0.15, -0.1) is 0 Å². The van der Waals surface area contributed by atoms with Gasteiger partial charge in [0.1, 0.15) is 6.04 Å². The van der Waals surface area contributed by atoms with Gasteiger partial charge in [-0.3, -0.25) is 9.10 Å². The van der Waals surface area contributed by atoms with Gasteiger partial charge in [0.05, 0.1) is 11.9 Å². The topological polar surface area (TPSA) is 66.5 Å². The first-order valence-corrected chi connectivity index (χ1v) is 11.6. The number of nitrogens with zero attached hydrogens (tertiary/aromatic N) is 1. The van der Waals surface area contributed by atoms with Crippen molar-refractivity contribution in [3.63, 3.8) is 0 Å². The van der Waals surface area contributed by atoms with Crippen molar-refractivity contribution in [2.75, 3.05) is 15.9 Å². The number of para-hydroxylation sites is 1. The van der Waals surface area contributed by atoms with Gasteiger partial charge in [0.15, 0.2) is 0 Å². The largest absolute Gasteiger partial charge is 0.324 e. The zero-order chi connectivity index (χ0) is 20.9. The van der Waals surface area contributed by atoms with Crippen molar-refractivity contribution in [2.45, 2.75) is 46.1 Å². The summed E-state index contributed by atoms with van der Waals surface area (Å²) in [5, 5.41) is 3.40. The van der Waals surface area contributed by atoms with Gasteiger partial charge in [0, 0.05) is 10.7 Å². The smallest absolute Gasteiger partial charge is 0.248 e. The number of amides is 1. The number of sulfonamides is 1. The van der Waals surface area contributed by atoms with Crippen LogP contribution < -0.4 is 9.62 Å². The van der Waals surface area contributed by atoms with Crippen LogP contribution in [-0.4, -0.2) is 26.6 Å². The molecule has 2 aromatic rings. The number of halogens is 1. The van der Waals surface area contributed by atoms with Crippen LogP contribution in [0.2, 0.25) is 5.02 Å². The Labute approximate surface area is 172 Å². The number of anilines is 2. The molecule has 0 unspecified atom stereocenters. The van der Waals surface area contributed by atoms with Crippen molar-refractivity contribution in [3.05, 3.63) is 58.6 Å². The number of aryl methyl sites for hydroxylation is 2. The third kappa shape index (κ3) is 5.06. The normalized spacial score (nSPS) is 12.5. The van der Waals surface area contributed by atoms with Crippen molar-refractivity contribution in [2.24, 2.45) is 0 Å². The predicted molar refractivity (Wildman–Crippen MR) is 117 cm³/mol. The fourth-order valence-corrected chi connectivity index (χ4v) is 4.67. The van der Waals surface area contributed by atoms with E-state index in [-0.39, 0.29) is 5.91 Å². The number of hydrogen-bond donors (Lipinski definition) is 1. The van der Waals surface area contributed by atoms with Crippen LogP contribution in [0, 0.1) is 0 Å². The Balaban J connectivity index is 2.46. The fraction of sp³-hybridized carbons (Fsp3) is 0.381. The van der Waals surface area contributed by atoms with E-state index in [1.54, 1.807) is 31.2 Å². The summed E-state index contributed by atoms with van der Waals surface area (Å²) in [5.41, 5.74) is 3.19. The Morgan fingerprint density at radius 1 is 1.07 bits per heavy atom. The lowest BCUT2D eigenvalue weighted by Crippen LogP contribution is -2.47. The van der Waals surface area contributed by atoms with Crippen molar-refractivity contribution in [1.29, 1.82) is 0 Å². The molecular weight excluding hydrogens is 396 g/mol. The SMILES string of the molecule is CCc1cccc(CC)c1NC(=O)[C@@H](CC)N(c1cccc(Cl)c1)S(C)(=O)=O. The molecule has 0 aliphatic heterocycles. The Morgan fingerprint density at radius 2 is 1.64 bits per heavy atom. The van der Waals surface area contributed by atoms with Gasteiger partial charge in [0.25, 0.3) is 0 Å². The molecule has 1 N–H and O–H groups in total. The number of carbonyl (C=O) groups is 1. The quantitative estimate of drug-likeness (QED) is 0.673. The Hall–Kier alpha value is -2.05. The van der Waals surface area contributed by atoms with Gasteiger partial charge in [0.2, 0.25) is 15.9 Å². The molecule has 0 saturated carbocycles. The number of benzene rings is 2. The third-order valence-electron chi connectivity index (χ3n) is 4.64. The van der Waals surface area contributed by atoms with Crippen LogP contribution in [0.1, 0.15) is 38.3 Å². The summed E-state index contributed by atoms with van der Waals surface area (Å²) in [6, 6.07) is 11.6. The van der Waals surface area contributed by atoms with E-state index >= 15 is 0 Å². The number of rotatable bonds is 8. The molecule has 7 heteroatoms. The maximum Gasteiger partial charge on any atom is 0.248 e. The second-order valence-electron chi connectivity index (χ2n) is 6.61. The van der Waals surface area contributed by atoms with Crippen LogP contribution in [-0.2, 0) is 27.7 Å². The Bertz CT molecular complexity index is 922. The van der Waals surface area contributed by atoms with E-state index in [9.17, 15) is 13.2 Å². The molecule has 1 atom stereocenters. The molecule has 0 heterocycles. The molecule has 0 fully saturated rings. The first-order valence-electron chi connectivity index (χ1n) is 9.39. The summed E-state index contributed by atoms with van der Waals surface area (Å²) in [6.45, 7) is 5.84. The van der Waals surface area contributed by atoms with E-state index in [0.717, 1.165) is 40.2 Å². The molecule has 0 spiro atoms. The van der Waals surface area contributed by atoms with Crippen LogP contribution in [0.25, 0.3) is 0 Å². The van der Waals surface area contributed by atoms with E-state index in [4.69, 9.17) is 11.6 Å². The summed E-state index contributed by atoms with van der Waals surface area (Å²) in [5.74, 6) is -0.358. The molecule has 0 aliphatic carbocycles. The highest BCUT2D eigenvalue weighted by Crippen LogP contribution is 2.28. The second kappa shape index (κ2) is 9.43. The number of nitrogens with one attached hydrogen (secondary N) is 1. The molecule has 0 saturated heterocycles. The summed E-state index contributed by atoms with van der Waals surface area (Å²) < 4.78 is 26.2. The fourth-order valence-electron chi connectivity index (χ4n) is 3.28. The van der Waals surface area contributed by atoms with Gasteiger partial charge in [-0.05, 0) is 48.6 Å².